The summed E-state index contributed by atoms with van der Waals surface area (Å²) < 4.78 is 6.04. The molecule has 30 heavy (non-hydrogen) atoms. The molecule has 3 aromatic rings. The Bertz CT molecular complexity index is 948. The van der Waals surface area contributed by atoms with E-state index in [4.69, 9.17) is 22.1 Å². The van der Waals surface area contributed by atoms with Crippen LogP contribution < -0.4 is 10.5 Å². The van der Waals surface area contributed by atoms with Crippen LogP contribution in [-0.4, -0.2) is 29.0 Å². The number of ether oxygens (including phenoxy) is 1. The standard InChI is InChI=1S/C24H26ClNO3S/c25-21-14-20(11-10-19(21)12-13-24(26,16-27)17-28)30-23-9-5-4-8-22(23)29-15-18-6-2-1-3-7-18/h1-11,14,27-28H,12-13,15-17,26H2. The summed E-state index contributed by atoms with van der Waals surface area (Å²) in [6.45, 7) is -0.0295. The Labute approximate surface area is 186 Å². The molecular formula is C24H26ClNO3S. The van der Waals surface area contributed by atoms with Gasteiger partial charge in [0.2, 0.25) is 0 Å². The maximum absolute atomic E-state index is 9.35. The van der Waals surface area contributed by atoms with Crippen molar-refractivity contribution in [3.8, 4) is 5.75 Å². The van der Waals surface area contributed by atoms with Gasteiger partial charge in [0.1, 0.15) is 12.4 Å². The molecule has 0 unspecified atom stereocenters. The van der Waals surface area contributed by atoms with Crippen LogP contribution in [0.15, 0.2) is 82.6 Å². The highest BCUT2D eigenvalue weighted by Gasteiger charge is 2.23. The fraction of sp³-hybridized carbons (Fsp3) is 0.250. The van der Waals surface area contributed by atoms with Crippen molar-refractivity contribution in [2.45, 2.75) is 34.8 Å². The molecule has 0 aliphatic rings. The minimum atomic E-state index is -0.994. The Morgan fingerprint density at radius 2 is 1.63 bits per heavy atom. The van der Waals surface area contributed by atoms with E-state index in [-0.39, 0.29) is 13.2 Å². The van der Waals surface area contributed by atoms with Gasteiger partial charge in [0.15, 0.2) is 0 Å². The summed E-state index contributed by atoms with van der Waals surface area (Å²) in [5.74, 6) is 0.824. The first-order chi connectivity index (χ1) is 14.5. The van der Waals surface area contributed by atoms with Crippen LogP contribution in [0.25, 0.3) is 0 Å². The number of para-hydroxylation sites is 1. The van der Waals surface area contributed by atoms with Crippen molar-refractivity contribution >= 4 is 23.4 Å². The van der Waals surface area contributed by atoms with Gasteiger partial charge in [-0.15, -0.1) is 0 Å². The molecule has 0 aliphatic heterocycles. The molecule has 0 heterocycles. The zero-order chi connectivity index (χ0) is 21.4. The third kappa shape index (κ3) is 6.24. The average Bonchev–Trinajstić information content (AvgIpc) is 2.78. The summed E-state index contributed by atoms with van der Waals surface area (Å²) in [6, 6.07) is 23.9. The molecule has 0 spiro atoms. The monoisotopic (exact) mass is 443 g/mol. The lowest BCUT2D eigenvalue weighted by Crippen LogP contribution is -2.47. The molecule has 0 saturated carbocycles. The second-order valence-corrected chi connectivity index (χ2v) is 8.78. The maximum atomic E-state index is 9.35. The summed E-state index contributed by atoms with van der Waals surface area (Å²) in [6.07, 6.45) is 1.03. The molecule has 0 radical (unpaired) electrons. The van der Waals surface area contributed by atoms with Gasteiger partial charge in [-0.25, -0.2) is 0 Å². The highest BCUT2D eigenvalue weighted by atomic mass is 35.5. The molecule has 0 atom stereocenters. The molecule has 0 saturated heterocycles. The lowest BCUT2D eigenvalue weighted by atomic mass is 9.94. The van der Waals surface area contributed by atoms with Crippen molar-refractivity contribution in [3.05, 3.63) is 88.9 Å². The Morgan fingerprint density at radius 3 is 2.33 bits per heavy atom. The van der Waals surface area contributed by atoms with E-state index in [0.29, 0.717) is 24.5 Å². The predicted molar refractivity (Wildman–Crippen MR) is 122 cm³/mol. The van der Waals surface area contributed by atoms with Crippen LogP contribution in [0.4, 0.5) is 0 Å². The van der Waals surface area contributed by atoms with Gasteiger partial charge >= 0.3 is 0 Å². The first-order valence-corrected chi connectivity index (χ1v) is 10.9. The number of aliphatic hydroxyl groups excluding tert-OH is 2. The number of aryl methyl sites for hydroxylation is 1. The minimum Gasteiger partial charge on any atom is -0.488 e. The van der Waals surface area contributed by atoms with Gasteiger partial charge in [-0.3, -0.25) is 0 Å². The molecule has 3 rings (SSSR count). The lowest BCUT2D eigenvalue weighted by Gasteiger charge is -2.24. The minimum absolute atomic E-state index is 0.269. The van der Waals surface area contributed by atoms with Crippen molar-refractivity contribution in [1.82, 2.24) is 0 Å². The van der Waals surface area contributed by atoms with Crippen molar-refractivity contribution in [3.63, 3.8) is 0 Å². The molecular weight excluding hydrogens is 418 g/mol. The zero-order valence-corrected chi connectivity index (χ0v) is 18.2. The van der Waals surface area contributed by atoms with E-state index in [9.17, 15) is 10.2 Å². The number of nitrogens with two attached hydrogens (primary N) is 1. The molecule has 4 N–H and O–H groups in total. The molecule has 6 heteroatoms. The smallest absolute Gasteiger partial charge is 0.133 e. The van der Waals surface area contributed by atoms with E-state index in [1.807, 2.05) is 72.8 Å². The maximum Gasteiger partial charge on any atom is 0.133 e. The van der Waals surface area contributed by atoms with Gasteiger partial charge in [-0.1, -0.05) is 71.9 Å². The fourth-order valence-electron chi connectivity index (χ4n) is 2.90. The van der Waals surface area contributed by atoms with Crippen LogP contribution in [0, 0.1) is 0 Å². The first kappa shape index (κ1) is 22.7. The Morgan fingerprint density at radius 1 is 0.933 bits per heavy atom. The van der Waals surface area contributed by atoms with Gasteiger partial charge in [-0.2, -0.15) is 0 Å². The van der Waals surface area contributed by atoms with Crippen LogP contribution in [0.5, 0.6) is 5.75 Å². The zero-order valence-electron chi connectivity index (χ0n) is 16.6. The van der Waals surface area contributed by atoms with E-state index in [1.54, 1.807) is 11.8 Å². The van der Waals surface area contributed by atoms with E-state index in [0.717, 1.165) is 26.7 Å². The topological polar surface area (TPSA) is 75.7 Å². The molecule has 158 valence electrons. The third-order valence-electron chi connectivity index (χ3n) is 4.86. The second kappa shape index (κ2) is 10.8. The van der Waals surface area contributed by atoms with Crippen molar-refractivity contribution in [1.29, 1.82) is 0 Å². The van der Waals surface area contributed by atoms with Gasteiger partial charge in [-0.05, 0) is 48.2 Å². The summed E-state index contributed by atoms with van der Waals surface area (Å²) >= 11 is 8.07. The SMILES string of the molecule is NC(CO)(CO)CCc1ccc(Sc2ccccc2OCc2ccccc2)cc1Cl. The quantitative estimate of drug-likeness (QED) is 0.424. The molecule has 4 nitrogen and oxygen atoms in total. The summed E-state index contributed by atoms with van der Waals surface area (Å²) in [4.78, 5) is 2.02. The number of benzene rings is 3. The third-order valence-corrected chi connectivity index (χ3v) is 6.26. The molecule has 0 bridgehead atoms. The van der Waals surface area contributed by atoms with Gasteiger partial charge in [0.05, 0.1) is 23.6 Å². The van der Waals surface area contributed by atoms with Crippen LogP contribution in [0.3, 0.4) is 0 Å². The summed E-state index contributed by atoms with van der Waals surface area (Å²) in [7, 11) is 0. The largest absolute Gasteiger partial charge is 0.488 e. The Hall–Kier alpha value is -2.02. The van der Waals surface area contributed by atoms with Crippen molar-refractivity contribution in [2.75, 3.05) is 13.2 Å². The molecule has 0 amide bonds. The molecule has 0 aliphatic carbocycles. The van der Waals surface area contributed by atoms with Crippen LogP contribution >= 0.6 is 23.4 Å². The van der Waals surface area contributed by atoms with E-state index in [2.05, 4.69) is 0 Å². The van der Waals surface area contributed by atoms with Crippen molar-refractivity contribution < 1.29 is 14.9 Å². The Balaban J connectivity index is 1.67. The number of hydrogen-bond donors (Lipinski definition) is 3. The van der Waals surface area contributed by atoms with E-state index >= 15 is 0 Å². The normalized spacial score (nSPS) is 11.5. The summed E-state index contributed by atoms with van der Waals surface area (Å²) in [5, 5.41) is 19.3. The molecule has 0 aromatic heterocycles. The van der Waals surface area contributed by atoms with E-state index < -0.39 is 5.54 Å². The highest BCUT2D eigenvalue weighted by Crippen LogP contribution is 2.37. The number of aliphatic hydroxyl groups is 2. The second-order valence-electron chi connectivity index (χ2n) is 7.25. The van der Waals surface area contributed by atoms with E-state index in [1.165, 1.54) is 0 Å². The lowest BCUT2D eigenvalue weighted by molar-refractivity contribution is 0.115. The number of halogens is 1. The average molecular weight is 444 g/mol. The Kier molecular flexibility index (Phi) is 8.19. The van der Waals surface area contributed by atoms with Gasteiger partial charge < -0.3 is 20.7 Å². The molecule has 0 fully saturated rings. The van der Waals surface area contributed by atoms with Crippen LogP contribution in [0.2, 0.25) is 5.02 Å². The first-order valence-electron chi connectivity index (χ1n) is 9.75. The molecule has 3 aromatic carbocycles. The predicted octanol–water partition coefficient (Wildman–Crippen LogP) is 4.68. The number of rotatable bonds is 10. The van der Waals surface area contributed by atoms with Crippen LogP contribution in [0.1, 0.15) is 17.5 Å². The van der Waals surface area contributed by atoms with Gasteiger partial charge in [0.25, 0.3) is 0 Å². The highest BCUT2D eigenvalue weighted by molar-refractivity contribution is 7.99. The summed E-state index contributed by atoms with van der Waals surface area (Å²) in [5.41, 5.74) is 7.01. The number of hydrogen-bond acceptors (Lipinski definition) is 5. The van der Waals surface area contributed by atoms with Crippen LogP contribution in [-0.2, 0) is 13.0 Å². The van der Waals surface area contributed by atoms with Gasteiger partial charge in [0, 0.05) is 9.92 Å². The fourth-order valence-corrected chi connectivity index (χ4v) is 4.18. The van der Waals surface area contributed by atoms with Crippen molar-refractivity contribution in [2.24, 2.45) is 5.73 Å².